The molecule has 1 fully saturated rings. The topological polar surface area (TPSA) is 15.3 Å². The first-order chi connectivity index (χ1) is 7.40. The summed E-state index contributed by atoms with van der Waals surface area (Å²) < 4.78 is 0. The second-order valence-corrected chi connectivity index (χ2v) is 4.22. The third-order valence-electron chi connectivity index (χ3n) is 3.17. The molecule has 0 saturated carbocycles. The highest BCUT2D eigenvalue weighted by Gasteiger charge is 2.19. The summed E-state index contributed by atoms with van der Waals surface area (Å²) in [6, 6.07) is 11.5. The van der Waals surface area contributed by atoms with E-state index in [4.69, 9.17) is 0 Å². The van der Waals surface area contributed by atoms with Crippen LogP contribution in [0.4, 0.5) is 0 Å². The fourth-order valence-corrected chi connectivity index (χ4v) is 2.23. The van der Waals surface area contributed by atoms with Crippen molar-refractivity contribution >= 4 is 0 Å². The number of nitrogens with one attached hydrogen (secondary N) is 1. The first-order valence-corrected chi connectivity index (χ1v) is 5.89. The van der Waals surface area contributed by atoms with Gasteiger partial charge in [0.1, 0.15) is 0 Å². The van der Waals surface area contributed by atoms with Crippen LogP contribution < -0.4 is 5.32 Å². The molecule has 0 aromatic heterocycles. The number of hydrogen-bond acceptors (Lipinski definition) is 2. The van der Waals surface area contributed by atoms with E-state index in [0.717, 1.165) is 19.6 Å². The van der Waals surface area contributed by atoms with Crippen molar-refractivity contribution in [2.45, 2.75) is 25.9 Å². The first kappa shape index (κ1) is 10.7. The van der Waals surface area contributed by atoms with Crippen molar-refractivity contribution in [3.63, 3.8) is 0 Å². The van der Waals surface area contributed by atoms with Gasteiger partial charge < -0.3 is 5.32 Å². The number of benzene rings is 1. The lowest BCUT2D eigenvalue weighted by atomic mass is 10.1. The van der Waals surface area contributed by atoms with Crippen LogP contribution in [0.1, 0.15) is 18.9 Å². The normalized spacial score (nSPS) is 22.9. The lowest BCUT2D eigenvalue weighted by Gasteiger charge is -2.35. The third kappa shape index (κ3) is 2.80. The van der Waals surface area contributed by atoms with Crippen LogP contribution in [-0.4, -0.2) is 30.6 Å². The molecule has 0 radical (unpaired) electrons. The van der Waals surface area contributed by atoms with Gasteiger partial charge >= 0.3 is 0 Å². The zero-order chi connectivity index (χ0) is 10.5. The van der Waals surface area contributed by atoms with Gasteiger partial charge in [-0.2, -0.15) is 0 Å². The zero-order valence-electron chi connectivity index (χ0n) is 9.45. The third-order valence-corrected chi connectivity index (χ3v) is 3.17. The molecule has 1 aliphatic rings. The van der Waals surface area contributed by atoms with Gasteiger partial charge in [-0.25, -0.2) is 0 Å². The van der Waals surface area contributed by atoms with Gasteiger partial charge in [0.15, 0.2) is 0 Å². The Bertz CT molecular complexity index is 284. The quantitative estimate of drug-likeness (QED) is 0.808. The lowest BCUT2D eigenvalue weighted by Crippen LogP contribution is -2.50. The molecule has 2 heteroatoms. The highest BCUT2D eigenvalue weighted by atomic mass is 15.2. The fourth-order valence-electron chi connectivity index (χ4n) is 2.23. The molecule has 15 heavy (non-hydrogen) atoms. The number of piperazine rings is 1. The molecule has 0 unspecified atom stereocenters. The van der Waals surface area contributed by atoms with Gasteiger partial charge in [-0.15, -0.1) is 0 Å². The van der Waals surface area contributed by atoms with E-state index >= 15 is 0 Å². The van der Waals surface area contributed by atoms with Gasteiger partial charge in [0.25, 0.3) is 0 Å². The van der Waals surface area contributed by atoms with E-state index in [2.05, 4.69) is 47.5 Å². The number of hydrogen-bond donors (Lipinski definition) is 1. The van der Waals surface area contributed by atoms with Gasteiger partial charge in [0.05, 0.1) is 0 Å². The molecule has 0 bridgehead atoms. The summed E-state index contributed by atoms with van der Waals surface area (Å²) in [5, 5.41) is 3.46. The smallest absolute Gasteiger partial charge is 0.0237 e. The SMILES string of the molecule is CC[C@H]1CNCCN1Cc1ccccc1. The van der Waals surface area contributed by atoms with Crippen LogP contribution in [0.15, 0.2) is 30.3 Å². The Kier molecular flexibility index (Phi) is 3.75. The molecule has 82 valence electrons. The van der Waals surface area contributed by atoms with E-state index in [1.807, 2.05) is 0 Å². The van der Waals surface area contributed by atoms with E-state index in [1.165, 1.54) is 18.5 Å². The minimum Gasteiger partial charge on any atom is -0.314 e. The summed E-state index contributed by atoms with van der Waals surface area (Å²) in [6.07, 6.45) is 1.24. The molecule has 0 aliphatic carbocycles. The van der Waals surface area contributed by atoms with E-state index in [9.17, 15) is 0 Å². The van der Waals surface area contributed by atoms with E-state index in [-0.39, 0.29) is 0 Å². The first-order valence-electron chi connectivity index (χ1n) is 5.89. The highest BCUT2D eigenvalue weighted by molar-refractivity contribution is 5.14. The van der Waals surface area contributed by atoms with E-state index in [0.29, 0.717) is 6.04 Å². The van der Waals surface area contributed by atoms with Crippen LogP contribution in [0.25, 0.3) is 0 Å². The minimum absolute atomic E-state index is 0.707. The maximum Gasteiger partial charge on any atom is 0.0237 e. The lowest BCUT2D eigenvalue weighted by molar-refractivity contribution is 0.149. The molecule has 1 N–H and O–H groups in total. The van der Waals surface area contributed by atoms with Crippen molar-refractivity contribution in [3.8, 4) is 0 Å². The molecular formula is C13H20N2. The molecule has 1 atom stereocenters. The highest BCUT2D eigenvalue weighted by Crippen LogP contribution is 2.12. The summed E-state index contributed by atoms with van der Waals surface area (Å²) >= 11 is 0. The zero-order valence-corrected chi connectivity index (χ0v) is 9.45. The summed E-state index contributed by atoms with van der Waals surface area (Å²) in [5.41, 5.74) is 1.43. The van der Waals surface area contributed by atoms with Crippen LogP contribution in [0.5, 0.6) is 0 Å². The second kappa shape index (κ2) is 5.29. The van der Waals surface area contributed by atoms with Crippen LogP contribution in [-0.2, 0) is 6.54 Å². The van der Waals surface area contributed by atoms with Crippen molar-refractivity contribution < 1.29 is 0 Å². The maximum atomic E-state index is 3.46. The molecular weight excluding hydrogens is 184 g/mol. The average molecular weight is 204 g/mol. The van der Waals surface area contributed by atoms with Crippen LogP contribution in [0.3, 0.4) is 0 Å². The molecule has 0 amide bonds. The number of nitrogens with zero attached hydrogens (tertiary/aromatic N) is 1. The molecule has 1 aromatic carbocycles. The largest absolute Gasteiger partial charge is 0.314 e. The Morgan fingerprint density at radius 3 is 2.87 bits per heavy atom. The molecule has 2 nitrogen and oxygen atoms in total. The standard InChI is InChI=1S/C13H20N2/c1-2-13-10-14-8-9-15(13)11-12-6-4-3-5-7-12/h3-7,13-14H,2,8-11H2,1H3/t13-/m0/s1. The van der Waals surface area contributed by atoms with E-state index in [1.54, 1.807) is 0 Å². The minimum atomic E-state index is 0.707. The van der Waals surface area contributed by atoms with Crippen molar-refractivity contribution in [1.82, 2.24) is 10.2 Å². The summed E-state index contributed by atoms with van der Waals surface area (Å²) in [6.45, 7) is 6.82. The van der Waals surface area contributed by atoms with Gasteiger partial charge in [0, 0.05) is 32.2 Å². The van der Waals surface area contributed by atoms with Crippen LogP contribution >= 0.6 is 0 Å². The van der Waals surface area contributed by atoms with E-state index < -0.39 is 0 Å². The summed E-state index contributed by atoms with van der Waals surface area (Å²) in [4.78, 5) is 2.59. The maximum absolute atomic E-state index is 3.46. The van der Waals surface area contributed by atoms with Crippen LogP contribution in [0, 0.1) is 0 Å². The Labute approximate surface area is 92.3 Å². The van der Waals surface area contributed by atoms with Crippen LogP contribution in [0.2, 0.25) is 0 Å². The average Bonchev–Trinajstić information content (AvgIpc) is 2.31. The van der Waals surface area contributed by atoms with Gasteiger partial charge in [-0.1, -0.05) is 37.3 Å². The molecule has 1 aliphatic heterocycles. The Hall–Kier alpha value is -0.860. The monoisotopic (exact) mass is 204 g/mol. The molecule has 1 heterocycles. The second-order valence-electron chi connectivity index (χ2n) is 4.22. The predicted octanol–water partition coefficient (Wildman–Crippen LogP) is 1.87. The van der Waals surface area contributed by atoms with Gasteiger partial charge in [0.2, 0.25) is 0 Å². The predicted molar refractivity (Wildman–Crippen MR) is 63.8 cm³/mol. The van der Waals surface area contributed by atoms with Gasteiger partial charge in [-0.05, 0) is 12.0 Å². The summed E-state index contributed by atoms with van der Waals surface area (Å²) in [5.74, 6) is 0. The van der Waals surface area contributed by atoms with Crippen molar-refractivity contribution in [2.24, 2.45) is 0 Å². The molecule has 1 aromatic rings. The summed E-state index contributed by atoms with van der Waals surface area (Å²) in [7, 11) is 0. The van der Waals surface area contributed by atoms with Gasteiger partial charge in [-0.3, -0.25) is 4.90 Å². The number of rotatable bonds is 3. The fraction of sp³-hybridized carbons (Fsp3) is 0.538. The molecule has 0 spiro atoms. The molecule has 2 rings (SSSR count). The van der Waals surface area contributed by atoms with Crippen molar-refractivity contribution in [3.05, 3.63) is 35.9 Å². The Morgan fingerprint density at radius 2 is 2.13 bits per heavy atom. The van der Waals surface area contributed by atoms with Crippen molar-refractivity contribution in [1.29, 1.82) is 0 Å². The van der Waals surface area contributed by atoms with Crippen molar-refractivity contribution in [2.75, 3.05) is 19.6 Å². The molecule has 1 saturated heterocycles. The Balaban J connectivity index is 1.97. The Morgan fingerprint density at radius 1 is 1.33 bits per heavy atom.